The molecule has 186 valence electrons. The van der Waals surface area contributed by atoms with Crippen molar-refractivity contribution in [3.05, 3.63) is 95.1 Å². The number of anilines is 1. The molecule has 4 rings (SSSR count). The summed E-state index contributed by atoms with van der Waals surface area (Å²) in [4.78, 5) is 42.1. The molecule has 0 saturated heterocycles. The molecule has 3 aromatic carbocycles. The molecule has 0 saturated carbocycles. The van der Waals surface area contributed by atoms with Gasteiger partial charge in [-0.05, 0) is 49.2 Å². The van der Waals surface area contributed by atoms with Gasteiger partial charge in [-0.1, -0.05) is 42.0 Å². The van der Waals surface area contributed by atoms with Crippen LogP contribution >= 0.6 is 11.8 Å². The largest absolute Gasteiger partial charge is 0.323 e. The molecule has 0 fully saturated rings. The second-order valence-electron chi connectivity index (χ2n) is 8.72. The highest BCUT2D eigenvalue weighted by Gasteiger charge is 2.44. The topological polar surface area (TPSA) is 92.5 Å². The summed E-state index contributed by atoms with van der Waals surface area (Å²) < 4.78 is 27.6. The van der Waals surface area contributed by atoms with Crippen molar-refractivity contribution >= 4 is 35.2 Å². The maximum atomic E-state index is 13.8. The van der Waals surface area contributed by atoms with Crippen LogP contribution in [0.3, 0.4) is 0 Å². The summed E-state index contributed by atoms with van der Waals surface area (Å²) in [6.07, 6.45) is -0.491. The average Bonchev–Trinajstić information content (AvgIpc) is 2.95. The van der Waals surface area contributed by atoms with Gasteiger partial charge >= 0.3 is 0 Å². The molecule has 0 aromatic heterocycles. The minimum atomic E-state index is -1.27. The fraction of sp³-hybridized carbons (Fsp3) is 0.222. The van der Waals surface area contributed by atoms with Gasteiger partial charge < -0.3 is 11.1 Å². The fourth-order valence-corrected chi connectivity index (χ4v) is 5.43. The summed E-state index contributed by atoms with van der Waals surface area (Å²) in [5, 5.41) is 2.17. The number of hydrogen-bond acceptors (Lipinski definition) is 5. The van der Waals surface area contributed by atoms with Crippen LogP contribution in [-0.4, -0.2) is 34.7 Å². The second-order valence-corrected chi connectivity index (χ2v) is 9.91. The maximum absolute atomic E-state index is 13.8. The van der Waals surface area contributed by atoms with Crippen LogP contribution in [0.2, 0.25) is 0 Å². The molecule has 1 heterocycles. The lowest BCUT2D eigenvalue weighted by Gasteiger charge is -2.34. The molecule has 0 aliphatic carbocycles. The van der Waals surface area contributed by atoms with Crippen LogP contribution in [0.4, 0.5) is 14.5 Å². The number of thioether (sulfide) groups is 1. The Balaban J connectivity index is 1.81. The van der Waals surface area contributed by atoms with Gasteiger partial charge in [0.1, 0.15) is 17.7 Å². The quantitative estimate of drug-likeness (QED) is 0.533. The number of amides is 3. The predicted octanol–water partition coefficient (Wildman–Crippen LogP) is 4.37. The molecule has 6 nitrogen and oxygen atoms in total. The van der Waals surface area contributed by atoms with E-state index in [9.17, 15) is 23.2 Å². The molecule has 0 bridgehead atoms. The van der Waals surface area contributed by atoms with E-state index in [1.807, 2.05) is 43.3 Å². The SMILES string of the molecule is Cc1ccc([C@H]2Sc3ccccc3NC(=O)[C@H]2N(C(=O)Cc2cc(F)cc(F)c2)C(=O)[C@H](C)N)cc1. The number of nitrogens with one attached hydrogen (secondary N) is 1. The second kappa shape index (κ2) is 10.6. The predicted molar refractivity (Wildman–Crippen MR) is 134 cm³/mol. The highest BCUT2D eigenvalue weighted by atomic mass is 32.2. The average molecular weight is 510 g/mol. The number of halogens is 2. The summed E-state index contributed by atoms with van der Waals surface area (Å²) >= 11 is 1.34. The van der Waals surface area contributed by atoms with E-state index >= 15 is 0 Å². The van der Waals surface area contributed by atoms with E-state index < -0.39 is 53.1 Å². The number of para-hydroxylation sites is 1. The molecule has 3 amide bonds. The monoisotopic (exact) mass is 509 g/mol. The van der Waals surface area contributed by atoms with Crippen molar-refractivity contribution in [1.82, 2.24) is 4.90 Å². The third kappa shape index (κ3) is 5.47. The number of hydrogen-bond donors (Lipinski definition) is 2. The number of benzene rings is 3. The van der Waals surface area contributed by atoms with Gasteiger partial charge in [-0.3, -0.25) is 19.3 Å². The van der Waals surface area contributed by atoms with Crippen molar-refractivity contribution in [2.75, 3.05) is 5.32 Å². The van der Waals surface area contributed by atoms with Crippen LogP contribution in [0.25, 0.3) is 0 Å². The van der Waals surface area contributed by atoms with E-state index in [-0.39, 0.29) is 5.56 Å². The first-order valence-corrected chi connectivity index (χ1v) is 12.2. The summed E-state index contributed by atoms with van der Waals surface area (Å²) in [5.41, 5.74) is 8.22. The van der Waals surface area contributed by atoms with Crippen molar-refractivity contribution in [2.45, 2.75) is 42.5 Å². The van der Waals surface area contributed by atoms with Crippen molar-refractivity contribution in [1.29, 1.82) is 0 Å². The fourth-order valence-electron chi connectivity index (χ4n) is 4.08. The van der Waals surface area contributed by atoms with E-state index in [1.54, 1.807) is 12.1 Å². The molecule has 3 N–H and O–H groups in total. The van der Waals surface area contributed by atoms with Crippen molar-refractivity contribution in [2.24, 2.45) is 5.73 Å². The Morgan fingerprint density at radius 3 is 2.33 bits per heavy atom. The number of nitrogens with two attached hydrogens (primary N) is 1. The minimum Gasteiger partial charge on any atom is -0.323 e. The first kappa shape index (κ1) is 25.5. The lowest BCUT2D eigenvalue weighted by Crippen LogP contribution is -2.56. The minimum absolute atomic E-state index is 0.0387. The molecule has 3 aromatic rings. The van der Waals surface area contributed by atoms with Crippen molar-refractivity contribution < 1.29 is 23.2 Å². The summed E-state index contributed by atoms with van der Waals surface area (Å²) in [5.74, 6) is -3.81. The highest BCUT2D eigenvalue weighted by molar-refractivity contribution is 7.99. The van der Waals surface area contributed by atoms with E-state index in [0.717, 1.165) is 33.1 Å². The lowest BCUT2D eigenvalue weighted by molar-refractivity contribution is -0.151. The Hall–Kier alpha value is -3.56. The number of rotatable bonds is 5. The third-order valence-electron chi connectivity index (χ3n) is 5.81. The Bertz CT molecular complexity index is 1290. The molecule has 1 aliphatic heterocycles. The normalized spacial score (nSPS) is 18.0. The van der Waals surface area contributed by atoms with Gasteiger partial charge in [0.15, 0.2) is 0 Å². The van der Waals surface area contributed by atoms with Crippen LogP contribution in [0.1, 0.15) is 28.9 Å². The molecule has 0 spiro atoms. The Kier molecular flexibility index (Phi) is 7.51. The molecule has 0 radical (unpaired) electrons. The van der Waals surface area contributed by atoms with Gasteiger partial charge in [0.2, 0.25) is 17.7 Å². The molecular formula is C27H25F2N3O3S. The number of carbonyl (C=O) groups excluding carboxylic acids is 3. The number of fused-ring (bicyclic) bond motifs is 1. The first-order valence-electron chi connectivity index (χ1n) is 11.3. The zero-order valence-corrected chi connectivity index (χ0v) is 20.5. The third-order valence-corrected chi connectivity index (χ3v) is 7.21. The Labute approximate surface area is 211 Å². The zero-order chi connectivity index (χ0) is 26.0. The molecule has 3 atom stereocenters. The van der Waals surface area contributed by atoms with Crippen molar-refractivity contribution in [3.63, 3.8) is 0 Å². The standard InChI is InChI=1S/C27H25F2N3O3S/c1-15-7-9-18(10-8-15)25-24(26(34)31-21-5-3-4-6-22(21)36-25)32(27(35)16(2)30)23(33)13-17-11-19(28)14-20(29)12-17/h3-12,14,16,24-25H,13,30H2,1-2H3,(H,31,34)/t16-,24-,25+/m0/s1. The van der Waals surface area contributed by atoms with E-state index in [2.05, 4.69) is 5.32 Å². The summed E-state index contributed by atoms with van der Waals surface area (Å²) in [6.45, 7) is 3.35. The van der Waals surface area contributed by atoms with E-state index in [4.69, 9.17) is 5.73 Å². The van der Waals surface area contributed by atoms with Crippen LogP contribution < -0.4 is 11.1 Å². The van der Waals surface area contributed by atoms with Gasteiger partial charge in [0.05, 0.1) is 23.4 Å². The highest BCUT2D eigenvalue weighted by Crippen LogP contribution is 2.45. The Morgan fingerprint density at radius 2 is 1.69 bits per heavy atom. The van der Waals surface area contributed by atoms with Crippen LogP contribution in [0.15, 0.2) is 71.6 Å². The van der Waals surface area contributed by atoms with Gasteiger partial charge in [-0.15, -0.1) is 11.8 Å². The lowest BCUT2D eigenvalue weighted by atomic mass is 9.99. The maximum Gasteiger partial charge on any atom is 0.249 e. The Morgan fingerprint density at radius 1 is 1.06 bits per heavy atom. The smallest absolute Gasteiger partial charge is 0.249 e. The number of imide groups is 1. The van der Waals surface area contributed by atoms with Crippen LogP contribution in [0, 0.1) is 18.6 Å². The number of nitrogens with zero attached hydrogens (tertiary/aromatic N) is 1. The molecule has 1 aliphatic rings. The number of carbonyl (C=O) groups is 3. The van der Waals surface area contributed by atoms with Crippen LogP contribution in [-0.2, 0) is 20.8 Å². The first-order chi connectivity index (χ1) is 17.1. The van der Waals surface area contributed by atoms with Gasteiger partial charge in [0, 0.05) is 11.0 Å². The molecule has 0 unspecified atom stereocenters. The van der Waals surface area contributed by atoms with Gasteiger partial charge in [0.25, 0.3) is 0 Å². The van der Waals surface area contributed by atoms with Gasteiger partial charge in [-0.25, -0.2) is 8.78 Å². The zero-order valence-electron chi connectivity index (χ0n) is 19.7. The number of aryl methyl sites for hydroxylation is 1. The van der Waals surface area contributed by atoms with E-state index in [1.165, 1.54) is 18.7 Å². The van der Waals surface area contributed by atoms with E-state index in [0.29, 0.717) is 11.8 Å². The molecule has 36 heavy (non-hydrogen) atoms. The molecule has 9 heteroatoms. The molecular weight excluding hydrogens is 484 g/mol. The summed E-state index contributed by atoms with van der Waals surface area (Å²) in [7, 11) is 0. The van der Waals surface area contributed by atoms with Crippen molar-refractivity contribution in [3.8, 4) is 0 Å². The van der Waals surface area contributed by atoms with Gasteiger partial charge in [-0.2, -0.15) is 0 Å². The van der Waals surface area contributed by atoms with Crippen LogP contribution in [0.5, 0.6) is 0 Å². The summed E-state index contributed by atoms with van der Waals surface area (Å²) in [6, 6.07) is 15.0.